The molecule has 0 spiro atoms. The first-order valence-corrected chi connectivity index (χ1v) is 6.73. The van der Waals surface area contributed by atoms with Crippen molar-refractivity contribution in [1.29, 1.82) is 0 Å². The maximum absolute atomic E-state index is 3.54. The molecule has 3 rings (SSSR count). The lowest BCUT2D eigenvalue weighted by Gasteiger charge is -2.11. The molecule has 0 amide bonds. The summed E-state index contributed by atoms with van der Waals surface area (Å²) in [7, 11) is 0. The van der Waals surface area contributed by atoms with Crippen LogP contribution in [0.3, 0.4) is 0 Å². The van der Waals surface area contributed by atoms with Crippen molar-refractivity contribution in [3.8, 4) is 11.1 Å². The fraction of sp³-hybridized carbons (Fsp3) is 0.294. The maximum Gasteiger partial charge on any atom is 0.0320 e. The fourth-order valence-corrected chi connectivity index (χ4v) is 2.62. The van der Waals surface area contributed by atoms with Crippen molar-refractivity contribution in [2.75, 3.05) is 6.54 Å². The third-order valence-electron chi connectivity index (χ3n) is 3.76. The van der Waals surface area contributed by atoms with E-state index in [1.165, 1.54) is 35.1 Å². The van der Waals surface area contributed by atoms with E-state index in [9.17, 15) is 0 Å². The summed E-state index contributed by atoms with van der Waals surface area (Å²) in [4.78, 5) is 0. The molecule has 92 valence electrons. The van der Waals surface area contributed by atoms with Gasteiger partial charge in [0.2, 0.25) is 0 Å². The molecule has 1 aliphatic heterocycles. The highest BCUT2D eigenvalue weighted by molar-refractivity contribution is 5.64. The van der Waals surface area contributed by atoms with Crippen molar-refractivity contribution < 1.29 is 0 Å². The van der Waals surface area contributed by atoms with Gasteiger partial charge in [-0.05, 0) is 43.0 Å². The minimum Gasteiger partial charge on any atom is -0.310 e. The zero-order valence-corrected chi connectivity index (χ0v) is 10.8. The van der Waals surface area contributed by atoms with Crippen LogP contribution in [-0.4, -0.2) is 6.54 Å². The van der Waals surface area contributed by atoms with Gasteiger partial charge >= 0.3 is 0 Å². The average molecular weight is 237 g/mol. The fourth-order valence-electron chi connectivity index (χ4n) is 2.62. The summed E-state index contributed by atoms with van der Waals surface area (Å²) in [5.74, 6) is 0. The van der Waals surface area contributed by atoms with E-state index < -0.39 is 0 Å². The monoisotopic (exact) mass is 237 g/mol. The molecule has 1 heterocycles. The Morgan fingerprint density at radius 2 is 1.50 bits per heavy atom. The van der Waals surface area contributed by atoms with Crippen molar-refractivity contribution in [1.82, 2.24) is 5.32 Å². The third kappa shape index (κ3) is 2.32. The Labute approximate surface area is 109 Å². The van der Waals surface area contributed by atoms with Gasteiger partial charge in [-0.3, -0.25) is 0 Å². The van der Waals surface area contributed by atoms with Crippen LogP contribution in [0.4, 0.5) is 0 Å². The van der Waals surface area contributed by atoms with E-state index in [0.29, 0.717) is 6.04 Å². The van der Waals surface area contributed by atoms with Crippen LogP contribution < -0.4 is 5.32 Å². The Hall–Kier alpha value is -1.60. The topological polar surface area (TPSA) is 12.0 Å². The van der Waals surface area contributed by atoms with Gasteiger partial charge in [-0.1, -0.05) is 54.1 Å². The zero-order chi connectivity index (χ0) is 12.4. The maximum atomic E-state index is 3.54. The molecule has 1 fully saturated rings. The summed E-state index contributed by atoms with van der Waals surface area (Å²) >= 11 is 0. The van der Waals surface area contributed by atoms with Crippen LogP contribution in [0, 0.1) is 6.92 Å². The summed E-state index contributed by atoms with van der Waals surface area (Å²) in [5.41, 5.74) is 5.33. The quantitative estimate of drug-likeness (QED) is 0.829. The molecule has 0 aromatic heterocycles. The second kappa shape index (κ2) is 4.95. The van der Waals surface area contributed by atoms with Crippen molar-refractivity contribution in [3.63, 3.8) is 0 Å². The van der Waals surface area contributed by atoms with Crippen LogP contribution in [0.5, 0.6) is 0 Å². The number of hydrogen-bond donors (Lipinski definition) is 1. The number of rotatable bonds is 2. The molecule has 1 nitrogen and oxygen atoms in total. The summed E-state index contributed by atoms with van der Waals surface area (Å²) < 4.78 is 0. The molecule has 1 aliphatic rings. The van der Waals surface area contributed by atoms with Crippen molar-refractivity contribution in [3.05, 3.63) is 59.7 Å². The lowest BCUT2D eigenvalue weighted by Crippen LogP contribution is -2.12. The largest absolute Gasteiger partial charge is 0.310 e. The normalized spacial score (nSPS) is 19.1. The van der Waals surface area contributed by atoms with Gasteiger partial charge in [0.25, 0.3) is 0 Å². The second-order valence-corrected chi connectivity index (χ2v) is 5.14. The molecule has 1 N–H and O–H groups in total. The van der Waals surface area contributed by atoms with E-state index in [1.54, 1.807) is 0 Å². The van der Waals surface area contributed by atoms with Gasteiger partial charge in [0.1, 0.15) is 0 Å². The van der Waals surface area contributed by atoms with E-state index in [1.807, 2.05) is 0 Å². The van der Waals surface area contributed by atoms with Crippen molar-refractivity contribution >= 4 is 0 Å². The molecular formula is C17H19N. The van der Waals surface area contributed by atoms with Gasteiger partial charge in [-0.15, -0.1) is 0 Å². The summed E-state index contributed by atoms with van der Waals surface area (Å²) in [5, 5.41) is 3.54. The highest BCUT2D eigenvalue weighted by Gasteiger charge is 2.15. The number of hydrogen-bond acceptors (Lipinski definition) is 1. The van der Waals surface area contributed by atoms with Gasteiger partial charge < -0.3 is 5.32 Å². The first-order chi connectivity index (χ1) is 8.83. The summed E-state index contributed by atoms with van der Waals surface area (Å²) in [6.07, 6.45) is 2.56. The van der Waals surface area contributed by atoms with Crippen LogP contribution in [0.2, 0.25) is 0 Å². The van der Waals surface area contributed by atoms with Gasteiger partial charge in [0.05, 0.1) is 0 Å². The van der Waals surface area contributed by atoms with E-state index in [0.717, 1.165) is 6.54 Å². The molecular weight excluding hydrogens is 218 g/mol. The smallest absolute Gasteiger partial charge is 0.0320 e. The molecule has 2 aromatic rings. The van der Waals surface area contributed by atoms with Gasteiger partial charge in [0.15, 0.2) is 0 Å². The molecule has 18 heavy (non-hydrogen) atoms. The molecule has 1 atom stereocenters. The highest BCUT2D eigenvalue weighted by atomic mass is 14.9. The molecule has 2 aromatic carbocycles. The predicted molar refractivity (Wildman–Crippen MR) is 76.6 cm³/mol. The number of nitrogens with one attached hydrogen (secondary N) is 1. The van der Waals surface area contributed by atoms with Crippen LogP contribution >= 0.6 is 0 Å². The SMILES string of the molecule is Cc1ccc(-c2ccc([C@@H]3CCCN3)cc2)cc1. The molecule has 0 saturated carbocycles. The minimum atomic E-state index is 0.567. The lowest BCUT2D eigenvalue weighted by atomic mass is 9.99. The van der Waals surface area contributed by atoms with E-state index >= 15 is 0 Å². The Morgan fingerprint density at radius 3 is 2.06 bits per heavy atom. The van der Waals surface area contributed by atoms with Crippen LogP contribution in [0.1, 0.15) is 30.0 Å². The first kappa shape index (κ1) is 11.5. The Bertz CT molecular complexity index is 504. The molecule has 0 bridgehead atoms. The highest BCUT2D eigenvalue weighted by Crippen LogP contribution is 2.26. The predicted octanol–water partition coefficient (Wildman–Crippen LogP) is 4.09. The minimum absolute atomic E-state index is 0.567. The van der Waals surface area contributed by atoms with E-state index in [4.69, 9.17) is 0 Å². The standard InChI is InChI=1S/C17H19N/c1-13-4-6-14(7-5-13)15-8-10-16(11-9-15)17-3-2-12-18-17/h4-11,17-18H,2-3,12H2,1H3/t17-/m0/s1. The van der Waals surface area contributed by atoms with Gasteiger partial charge in [-0.25, -0.2) is 0 Å². The Balaban J connectivity index is 1.84. The van der Waals surface area contributed by atoms with Crippen molar-refractivity contribution in [2.24, 2.45) is 0 Å². The molecule has 1 saturated heterocycles. The van der Waals surface area contributed by atoms with Crippen molar-refractivity contribution in [2.45, 2.75) is 25.8 Å². The summed E-state index contributed by atoms with van der Waals surface area (Å²) in [6, 6.07) is 18.3. The molecule has 0 aliphatic carbocycles. The molecule has 0 unspecified atom stereocenters. The Kier molecular flexibility index (Phi) is 3.16. The van der Waals surface area contributed by atoms with Gasteiger partial charge in [0, 0.05) is 6.04 Å². The molecule has 0 radical (unpaired) electrons. The van der Waals surface area contributed by atoms with Crippen LogP contribution in [-0.2, 0) is 0 Å². The first-order valence-electron chi connectivity index (χ1n) is 6.73. The Morgan fingerprint density at radius 1 is 0.889 bits per heavy atom. The van der Waals surface area contributed by atoms with E-state index in [-0.39, 0.29) is 0 Å². The lowest BCUT2D eigenvalue weighted by molar-refractivity contribution is 0.648. The summed E-state index contributed by atoms with van der Waals surface area (Å²) in [6.45, 7) is 3.28. The van der Waals surface area contributed by atoms with Crippen LogP contribution in [0.25, 0.3) is 11.1 Å². The zero-order valence-electron chi connectivity index (χ0n) is 10.8. The second-order valence-electron chi connectivity index (χ2n) is 5.14. The third-order valence-corrected chi connectivity index (χ3v) is 3.76. The van der Waals surface area contributed by atoms with Gasteiger partial charge in [-0.2, -0.15) is 0 Å². The van der Waals surface area contributed by atoms with Crippen LogP contribution in [0.15, 0.2) is 48.5 Å². The van der Waals surface area contributed by atoms with E-state index in [2.05, 4.69) is 60.8 Å². The molecule has 1 heteroatoms. The number of aryl methyl sites for hydroxylation is 1. The number of benzene rings is 2. The average Bonchev–Trinajstić information content (AvgIpc) is 2.94.